The average molecular weight is 477 g/mol. The van der Waals surface area contributed by atoms with Crippen molar-refractivity contribution in [2.45, 2.75) is 11.8 Å². The van der Waals surface area contributed by atoms with Crippen LogP contribution >= 0.6 is 11.6 Å². The van der Waals surface area contributed by atoms with E-state index in [4.69, 9.17) is 16.3 Å². The maximum absolute atomic E-state index is 13.1. The lowest BCUT2D eigenvalue weighted by Gasteiger charge is -2.29. The van der Waals surface area contributed by atoms with Gasteiger partial charge in [-0.1, -0.05) is 11.6 Å². The van der Waals surface area contributed by atoms with Crippen LogP contribution < -0.4 is 10.2 Å². The third-order valence-electron chi connectivity index (χ3n) is 5.41. The fraction of sp³-hybridized carbons (Fsp3) is 0.318. The summed E-state index contributed by atoms with van der Waals surface area (Å²) in [5.41, 5.74) is 2.73. The van der Waals surface area contributed by atoms with E-state index in [0.29, 0.717) is 29.4 Å². The van der Waals surface area contributed by atoms with Crippen molar-refractivity contribution in [3.8, 4) is 0 Å². The number of H-pyrrole nitrogens is 1. The number of ether oxygens (including phenoxy) is 1. The largest absolute Gasteiger partial charge is 0.378 e. The molecule has 0 bridgehead atoms. The lowest BCUT2D eigenvalue weighted by Crippen LogP contribution is -2.36. The smallest absolute Gasteiger partial charge is 0.245 e. The first-order valence-corrected chi connectivity index (χ1v) is 12.0. The SMILES string of the molecule is Cc1cc(S(=O)(=O)N(C)CC(=O)Nc2ccc(N3CCOCC3)c(Cl)c2)c2[nH]ccc2c1. The molecular formula is C22H25ClN4O4S. The number of anilines is 2. The van der Waals surface area contributed by atoms with E-state index in [9.17, 15) is 13.2 Å². The molecule has 0 aliphatic carbocycles. The summed E-state index contributed by atoms with van der Waals surface area (Å²) in [4.78, 5) is 17.8. The minimum absolute atomic E-state index is 0.144. The normalized spacial score (nSPS) is 14.8. The van der Waals surface area contributed by atoms with Crippen molar-refractivity contribution in [1.29, 1.82) is 0 Å². The van der Waals surface area contributed by atoms with Crippen LogP contribution in [0.5, 0.6) is 0 Å². The number of amides is 1. The molecule has 1 aliphatic heterocycles. The Morgan fingerprint density at radius 1 is 1.22 bits per heavy atom. The maximum atomic E-state index is 13.1. The van der Waals surface area contributed by atoms with Crippen LogP contribution in [0.4, 0.5) is 11.4 Å². The number of halogens is 1. The lowest BCUT2D eigenvalue weighted by atomic mass is 10.2. The molecule has 1 fully saturated rings. The molecule has 32 heavy (non-hydrogen) atoms. The molecule has 1 aliphatic rings. The van der Waals surface area contributed by atoms with Crippen LogP contribution in [0.25, 0.3) is 10.9 Å². The zero-order chi connectivity index (χ0) is 22.9. The van der Waals surface area contributed by atoms with E-state index in [-0.39, 0.29) is 11.4 Å². The Labute approximate surface area is 192 Å². The summed E-state index contributed by atoms with van der Waals surface area (Å²) < 4.78 is 32.7. The van der Waals surface area contributed by atoms with Crippen LogP contribution in [0, 0.1) is 6.92 Å². The number of likely N-dealkylation sites (N-methyl/N-ethyl adjacent to an activating group) is 1. The first-order chi connectivity index (χ1) is 15.3. The van der Waals surface area contributed by atoms with Gasteiger partial charge in [0.2, 0.25) is 15.9 Å². The Morgan fingerprint density at radius 2 is 1.97 bits per heavy atom. The number of fused-ring (bicyclic) bond motifs is 1. The standard InChI is InChI=1S/C22H25ClN4O4S/c1-15-11-16-5-6-24-22(16)20(12-15)32(29,30)26(2)14-21(28)25-17-3-4-19(18(23)13-17)27-7-9-31-10-8-27/h3-6,11-13,24H,7-10,14H2,1-2H3,(H,25,28). The number of carbonyl (C=O) groups excluding carboxylic acids is 1. The van der Waals surface area contributed by atoms with Gasteiger partial charge < -0.3 is 19.9 Å². The molecule has 3 aromatic rings. The van der Waals surface area contributed by atoms with Crippen LogP contribution in [0.1, 0.15) is 5.56 Å². The molecule has 0 unspecified atom stereocenters. The molecule has 1 saturated heterocycles. The zero-order valence-corrected chi connectivity index (χ0v) is 19.5. The highest BCUT2D eigenvalue weighted by molar-refractivity contribution is 7.89. The monoisotopic (exact) mass is 476 g/mol. The number of hydrogen-bond donors (Lipinski definition) is 2. The second-order valence-electron chi connectivity index (χ2n) is 7.78. The zero-order valence-electron chi connectivity index (χ0n) is 17.9. The minimum Gasteiger partial charge on any atom is -0.378 e. The van der Waals surface area contributed by atoms with Gasteiger partial charge in [0, 0.05) is 37.4 Å². The number of aryl methyl sites for hydroxylation is 1. The fourth-order valence-corrected chi connectivity index (χ4v) is 5.48. The molecule has 4 rings (SSSR count). The van der Waals surface area contributed by atoms with Gasteiger partial charge >= 0.3 is 0 Å². The second kappa shape index (κ2) is 9.11. The molecule has 1 aromatic heterocycles. The van der Waals surface area contributed by atoms with Crippen molar-refractivity contribution in [3.63, 3.8) is 0 Å². The maximum Gasteiger partial charge on any atom is 0.245 e. The minimum atomic E-state index is -3.88. The van der Waals surface area contributed by atoms with Gasteiger partial charge in [0.15, 0.2) is 0 Å². The van der Waals surface area contributed by atoms with Crippen molar-refractivity contribution in [2.24, 2.45) is 0 Å². The number of nitrogens with zero attached hydrogens (tertiary/aromatic N) is 2. The summed E-state index contributed by atoms with van der Waals surface area (Å²) in [5, 5.41) is 4.05. The first kappa shape index (κ1) is 22.6. The molecule has 0 atom stereocenters. The molecule has 2 N–H and O–H groups in total. The number of hydrogen-bond acceptors (Lipinski definition) is 5. The number of rotatable bonds is 6. The van der Waals surface area contributed by atoms with Crippen LogP contribution in [0.2, 0.25) is 5.02 Å². The number of morpholine rings is 1. The van der Waals surface area contributed by atoms with Gasteiger partial charge in [-0.3, -0.25) is 4.79 Å². The molecular weight excluding hydrogens is 452 g/mol. The number of carbonyl (C=O) groups is 1. The molecule has 2 aromatic carbocycles. The van der Waals surface area contributed by atoms with E-state index in [1.54, 1.807) is 24.4 Å². The van der Waals surface area contributed by atoms with Crippen molar-refractivity contribution in [2.75, 3.05) is 50.1 Å². The number of aromatic nitrogens is 1. The number of benzene rings is 2. The van der Waals surface area contributed by atoms with Gasteiger partial charge in [-0.25, -0.2) is 8.42 Å². The molecule has 1 amide bonds. The quantitative estimate of drug-likeness (QED) is 0.569. The van der Waals surface area contributed by atoms with E-state index in [2.05, 4.69) is 15.2 Å². The van der Waals surface area contributed by atoms with E-state index >= 15 is 0 Å². The van der Waals surface area contributed by atoms with Gasteiger partial charge in [-0.05, 0) is 48.9 Å². The predicted octanol–water partition coefficient (Wildman–Crippen LogP) is 3.23. The topological polar surface area (TPSA) is 94.7 Å². The number of nitrogens with one attached hydrogen (secondary N) is 2. The summed E-state index contributed by atoms with van der Waals surface area (Å²) in [5.74, 6) is -0.457. The summed E-state index contributed by atoms with van der Waals surface area (Å²) in [7, 11) is -2.49. The molecule has 170 valence electrons. The van der Waals surface area contributed by atoms with Gasteiger partial charge in [0.25, 0.3) is 0 Å². The Morgan fingerprint density at radius 3 is 2.69 bits per heavy atom. The third kappa shape index (κ3) is 4.61. The number of aromatic amines is 1. The van der Waals surface area contributed by atoms with Crippen molar-refractivity contribution in [1.82, 2.24) is 9.29 Å². The average Bonchev–Trinajstić information content (AvgIpc) is 3.22. The lowest BCUT2D eigenvalue weighted by molar-refractivity contribution is -0.116. The van der Waals surface area contributed by atoms with Gasteiger partial charge in [-0.15, -0.1) is 0 Å². The first-order valence-electron chi connectivity index (χ1n) is 10.2. The molecule has 0 saturated carbocycles. The Hall–Kier alpha value is -2.59. The van der Waals surface area contributed by atoms with Gasteiger partial charge in [0.05, 0.1) is 36.0 Å². The molecule has 10 heteroatoms. The third-order valence-corrected chi connectivity index (χ3v) is 7.54. The van der Waals surface area contributed by atoms with Crippen LogP contribution in [-0.4, -0.2) is 63.5 Å². The van der Waals surface area contributed by atoms with E-state index < -0.39 is 15.9 Å². The highest BCUT2D eigenvalue weighted by Crippen LogP contribution is 2.30. The van der Waals surface area contributed by atoms with Crippen molar-refractivity contribution in [3.05, 3.63) is 53.2 Å². The molecule has 8 nitrogen and oxygen atoms in total. The Kier molecular flexibility index (Phi) is 6.43. The molecule has 2 heterocycles. The van der Waals surface area contributed by atoms with E-state index in [1.165, 1.54) is 7.05 Å². The second-order valence-corrected chi connectivity index (χ2v) is 10.2. The van der Waals surface area contributed by atoms with E-state index in [0.717, 1.165) is 34.0 Å². The molecule has 0 radical (unpaired) electrons. The van der Waals surface area contributed by atoms with Crippen molar-refractivity contribution >= 4 is 49.8 Å². The molecule has 0 spiro atoms. The van der Waals surface area contributed by atoms with E-state index in [1.807, 2.05) is 25.1 Å². The highest BCUT2D eigenvalue weighted by atomic mass is 35.5. The fourth-order valence-electron chi connectivity index (χ4n) is 3.79. The van der Waals surface area contributed by atoms with Crippen LogP contribution in [0.3, 0.4) is 0 Å². The highest BCUT2D eigenvalue weighted by Gasteiger charge is 2.26. The Bertz CT molecular complexity index is 1250. The predicted molar refractivity (Wildman–Crippen MR) is 126 cm³/mol. The van der Waals surface area contributed by atoms with Crippen molar-refractivity contribution < 1.29 is 17.9 Å². The summed E-state index contributed by atoms with van der Waals surface area (Å²) in [6.07, 6.45) is 1.69. The van der Waals surface area contributed by atoms with Crippen LogP contribution in [-0.2, 0) is 19.6 Å². The number of sulfonamides is 1. The van der Waals surface area contributed by atoms with Crippen LogP contribution in [0.15, 0.2) is 47.5 Å². The summed E-state index contributed by atoms with van der Waals surface area (Å²) >= 11 is 6.42. The Balaban J connectivity index is 1.46. The van der Waals surface area contributed by atoms with Gasteiger partial charge in [0.1, 0.15) is 4.90 Å². The summed E-state index contributed by atoms with van der Waals surface area (Å²) in [6, 6.07) is 10.6. The summed E-state index contributed by atoms with van der Waals surface area (Å²) in [6.45, 7) is 4.29. The van der Waals surface area contributed by atoms with Gasteiger partial charge in [-0.2, -0.15) is 4.31 Å².